The first-order chi connectivity index (χ1) is 11.0. The summed E-state index contributed by atoms with van der Waals surface area (Å²) in [7, 11) is 0. The first-order valence-corrected chi connectivity index (χ1v) is 10.1. The van der Waals surface area contributed by atoms with Crippen molar-refractivity contribution in [2.24, 2.45) is 0 Å². The predicted octanol–water partition coefficient (Wildman–Crippen LogP) is 5.60. The molecule has 1 N–H and O–H groups in total. The number of nitrogens with one attached hydrogen (secondary N) is 1. The van der Waals surface area contributed by atoms with E-state index in [4.69, 9.17) is 0 Å². The van der Waals surface area contributed by atoms with Crippen LogP contribution < -0.4 is 5.43 Å². The average Bonchev–Trinajstić information content (AvgIpc) is 2.64. The molecule has 0 amide bonds. The van der Waals surface area contributed by atoms with Gasteiger partial charge in [-0.2, -0.15) is 0 Å². The molecule has 0 spiro atoms. The first-order valence-electron chi connectivity index (χ1n) is 10.1. The van der Waals surface area contributed by atoms with Crippen molar-refractivity contribution in [1.82, 2.24) is 10.4 Å². The molecule has 0 aromatic rings. The number of hydrogen-bond acceptors (Lipinski definition) is 2. The predicted molar refractivity (Wildman–Crippen MR) is 96.9 cm³/mol. The summed E-state index contributed by atoms with van der Waals surface area (Å²) in [6.07, 6.45) is 25.8. The van der Waals surface area contributed by atoms with Gasteiger partial charge in [0.25, 0.3) is 0 Å². The Morgan fingerprint density at radius 2 is 1.23 bits per heavy atom. The van der Waals surface area contributed by atoms with Crippen LogP contribution in [0.15, 0.2) is 12.2 Å². The molecule has 0 atom stereocenters. The highest BCUT2D eigenvalue weighted by molar-refractivity contribution is 4.83. The number of hydrogen-bond donors (Lipinski definition) is 1. The van der Waals surface area contributed by atoms with Crippen LogP contribution in [0.2, 0.25) is 0 Å². The molecule has 128 valence electrons. The van der Waals surface area contributed by atoms with Gasteiger partial charge in [-0.25, -0.2) is 5.01 Å². The third kappa shape index (κ3) is 7.78. The third-order valence-corrected chi connectivity index (χ3v) is 5.33. The molecule has 1 fully saturated rings. The molecule has 2 aliphatic rings. The second kappa shape index (κ2) is 12.1. The van der Waals surface area contributed by atoms with Crippen molar-refractivity contribution in [2.45, 2.75) is 102 Å². The van der Waals surface area contributed by atoms with Crippen LogP contribution >= 0.6 is 0 Å². The summed E-state index contributed by atoms with van der Waals surface area (Å²) in [6.45, 7) is 2.37. The van der Waals surface area contributed by atoms with Gasteiger partial charge in [0.2, 0.25) is 0 Å². The molecule has 0 aromatic carbocycles. The lowest BCUT2D eigenvalue weighted by molar-refractivity contribution is 0.104. The van der Waals surface area contributed by atoms with Crippen LogP contribution in [0.4, 0.5) is 0 Å². The Hall–Kier alpha value is -0.340. The molecular weight excluding hydrogens is 268 g/mol. The van der Waals surface area contributed by atoms with Crippen molar-refractivity contribution in [3.05, 3.63) is 12.2 Å². The van der Waals surface area contributed by atoms with Gasteiger partial charge in [-0.3, -0.25) is 5.43 Å². The van der Waals surface area contributed by atoms with Gasteiger partial charge < -0.3 is 0 Å². The topological polar surface area (TPSA) is 15.3 Å². The van der Waals surface area contributed by atoms with Gasteiger partial charge in [-0.1, -0.05) is 69.9 Å². The molecule has 2 nitrogen and oxygen atoms in total. The second-order valence-corrected chi connectivity index (χ2v) is 7.27. The van der Waals surface area contributed by atoms with Gasteiger partial charge in [0.1, 0.15) is 0 Å². The minimum atomic E-state index is 0.780. The lowest BCUT2D eigenvalue weighted by Gasteiger charge is -2.32. The molecule has 0 unspecified atom stereocenters. The van der Waals surface area contributed by atoms with E-state index in [2.05, 4.69) is 22.6 Å². The molecule has 1 saturated carbocycles. The summed E-state index contributed by atoms with van der Waals surface area (Å²) in [5.41, 5.74) is 3.77. The van der Waals surface area contributed by atoms with Crippen LogP contribution in [-0.4, -0.2) is 24.1 Å². The van der Waals surface area contributed by atoms with Crippen LogP contribution in [0.25, 0.3) is 0 Å². The zero-order valence-electron chi connectivity index (χ0n) is 14.7. The summed E-state index contributed by atoms with van der Waals surface area (Å²) in [5.74, 6) is 0. The fourth-order valence-corrected chi connectivity index (χ4v) is 3.92. The van der Waals surface area contributed by atoms with Crippen LogP contribution in [-0.2, 0) is 0 Å². The molecular formula is C20H38N2. The Labute approximate surface area is 138 Å². The van der Waals surface area contributed by atoms with Gasteiger partial charge in [0.05, 0.1) is 0 Å². The van der Waals surface area contributed by atoms with Crippen molar-refractivity contribution in [3.63, 3.8) is 0 Å². The molecule has 1 aliphatic heterocycles. The van der Waals surface area contributed by atoms with Gasteiger partial charge in [-0.15, -0.1) is 0 Å². The lowest BCUT2D eigenvalue weighted by atomic mass is 10.0. The molecule has 1 heterocycles. The molecule has 0 radical (unpaired) electrons. The van der Waals surface area contributed by atoms with Crippen molar-refractivity contribution in [1.29, 1.82) is 0 Å². The first kappa shape index (κ1) is 18.0. The fraction of sp³-hybridized carbons (Fsp3) is 0.900. The van der Waals surface area contributed by atoms with Crippen molar-refractivity contribution in [3.8, 4) is 0 Å². The van der Waals surface area contributed by atoms with E-state index in [0.29, 0.717) is 0 Å². The van der Waals surface area contributed by atoms with Crippen molar-refractivity contribution in [2.75, 3.05) is 13.1 Å². The van der Waals surface area contributed by atoms with E-state index >= 15 is 0 Å². The van der Waals surface area contributed by atoms with Gasteiger partial charge in [0.15, 0.2) is 0 Å². The Morgan fingerprint density at radius 1 is 0.636 bits per heavy atom. The van der Waals surface area contributed by atoms with Crippen LogP contribution in [0.3, 0.4) is 0 Å². The average molecular weight is 307 g/mol. The number of hydrazine groups is 1. The van der Waals surface area contributed by atoms with Crippen molar-refractivity contribution < 1.29 is 0 Å². The summed E-state index contributed by atoms with van der Waals surface area (Å²) in [6, 6.07) is 0.780. The summed E-state index contributed by atoms with van der Waals surface area (Å²) < 4.78 is 0. The summed E-state index contributed by atoms with van der Waals surface area (Å²) in [5, 5.41) is 2.64. The normalized spacial score (nSPS) is 26.0. The maximum absolute atomic E-state index is 3.77. The SMILES string of the molecule is C1=CCCNN(C2CCCCCCCCCC2)CCCCC1. The van der Waals surface area contributed by atoms with E-state index < -0.39 is 0 Å². The van der Waals surface area contributed by atoms with Gasteiger partial charge in [0, 0.05) is 19.1 Å². The number of rotatable bonds is 1. The zero-order valence-corrected chi connectivity index (χ0v) is 14.7. The monoisotopic (exact) mass is 306 g/mol. The van der Waals surface area contributed by atoms with E-state index in [1.807, 2.05) is 0 Å². The maximum atomic E-state index is 3.77. The number of nitrogens with zero attached hydrogens (tertiary/aromatic N) is 1. The standard InChI is InChI=1S/C20H38N2/c1-2-5-9-13-17-20(16-12-8-4-1)22-19-15-11-7-3-6-10-14-18-21-22/h6,10,20-21H,1-5,7-9,11-19H2. The van der Waals surface area contributed by atoms with E-state index in [0.717, 1.165) is 12.6 Å². The molecule has 2 heteroatoms. The van der Waals surface area contributed by atoms with E-state index in [1.54, 1.807) is 0 Å². The van der Waals surface area contributed by atoms with Crippen LogP contribution in [0.1, 0.15) is 96.3 Å². The quantitative estimate of drug-likeness (QED) is 0.635. The van der Waals surface area contributed by atoms with E-state index in [-0.39, 0.29) is 0 Å². The van der Waals surface area contributed by atoms with Crippen molar-refractivity contribution >= 4 is 0 Å². The fourth-order valence-electron chi connectivity index (χ4n) is 3.92. The molecule has 0 saturated heterocycles. The van der Waals surface area contributed by atoms with Gasteiger partial charge in [-0.05, 0) is 38.5 Å². The minimum Gasteiger partial charge on any atom is -0.255 e. The highest BCUT2D eigenvalue weighted by Crippen LogP contribution is 2.20. The molecule has 0 aromatic heterocycles. The summed E-state index contributed by atoms with van der Waals surface area (Å²) in [4.78, 5) is 0. The summed E-state index contributed by atoms with van der Waals surface area (Å²) >= 11 is 0. The Bertz CT molecular complexity index is 275. The minimum absolute atomic E-state index is 0.780. The molecule has 2 rings (SSSR count). The maximum Gasteiger partial charge on any atom is 0.0243 e. The van der Waals surface area contributed by atoms with Gasteiger partial charge >= 0.3 is 0 Å². The van der Waals surface area contributed by atoms with E-state index in [1.165, 1.54) is 103 Å². The molecule has 22 heavy (non-hydrogen) atoms. The van der Waals surface area contributed by atoms with E-state index in [9.17, 15) is 0 Å². The largest absolute Gasteiger partial charge is 0.255 e. The lowest BCUT2D eigenvalue weighted by Crippen LogP contribution is -2.46. The highest BCUT2D eigenvalue weighted by atomic mass is 15.5. The third-order valence-electron chi connectivity index (χ3n) is 5.33. The number of allylic oxidation sites excluding steroid dienone is 1. The van der Waals surface area contributed by atoms with Crippen LogP contribution in [0, 0.1) is 0 Å². The second-order valence-electron chi connectivity index (χ2n) is 7.27. The Morgan fingerprint density at radius 3 is 1.95 bits per heavy atom. The zero-order chi connectivity index (χ0) is 15.3. The van der Waals surface area contributed by atoms with Crippen LogP contribution in [0.5, 0.6) is 0 Å². The highest BCUT2D eigenvalue weighted by Gasteiger charge is 2.18. The molecule has 0 bridgehead atoms. The Balaban J connectivity index is 1.85. The smallest absolute Gasteiger partial charge is 0.0243 e. The molecule has 1 aliphatic carbocycles. The Kier molecular flexibility index (Phi) is 9.93.